The summed E-state index contributed by atoms with van der Waals surface area (Å²) in [4.78, 5) is 33.9. The SMILES string of the molecule is C=C1/C=C/C=C(\[C@H]2CC[C@@]3([C@@H]4CC[C@@H](O)Cc5cccc(c5)C[C@@H]5[C@@H](c6ccc(O)cc6)CNC(N)=NC#CC[C@]5(O)CN[C@H]5C(=O)N[C@H](N)c6cccc(c65)CC(=O)C(C)=C4CC[C@@]3(C)O)[C@@H]2O)COCC#CC/C(C)=C/CC1(O)O. The van der Waals surface area contributed by atoms with Crippen LogP contribution in [-0.4, -0.2) is 109 Å². The molecule has 2 aliphatic carbocycles. The van der Waals surface area contributed by atoms with Gasteiger partial charge in [-0.2, -0.15) is 4.99 Å². The average molecular weight is 1120 g/mol. The molecule has 16 nitrogen and oxygen atoms in total. The number of rotatable bonds is 2. The number of amides is 1. The van der Waals surface area contributed by atoms with E-state index in [9.17, 15) is 40.5 Å². The molecule has 2 bridgehead atoms. The number of phenols is 1. The fourth-order valence-corrected chi connectivity index (χ4v) is 13.9. The Bertz CT molecular complexity index is 3210. The summed E-state index contributed by atoms with van der Waals surface area (Å²) in [5.41, 5.74) is 15.8. The molecule has 434 valence electrons. The van der Waals surface area contributed by atoms with Gasteiger partial charge in [0.25, 0.3) is 0 Å². The summed E-state index contributed by atoms with van der Waals surface area (Å²) in [5, 5.41) is 93.6. The Labute approximate surface area is 481 Å². The van der Waals surface area contributed by atoms with Gasteiger partial charge in [0.05, 0.1) is 30.0 Å². The van der Waals surface area contributed by atoms with Crippen LogP contribution in [0.4, 0.5) is 0 Å². The van der Waals surface area contributed by atoms with Crippen LogP contribution < -0.4 is 27.4 Å². The van der Waals surface area contributed by atoms with E-state index in [0.29, 0.717) is 66.4 Å². The number of hydrogen-bond donors (Lipinski definition) is 12. The molecule has 4 heterocycles. The average Bonchev–Trinajstić information content (AvgIpc) is 1.73. The maximum Gasteiger partial charge on any atom is 0.243 e. The number of aliphatic hydroxyl groups is 6. The summed E-state index contributed by atoms with van der Waals surface area (Å²) in [6, 6.07) is 21.8. The van der Waals surface area contributed by atoms with Gasteiger partial charge in [-0.15, -0.1) is 0 Å². The molecule has 2 saturated carbocycles. The van der Waals surface area contributed by atoms with Gasteiger partial charge in [-0.05, 0) is 135 Å². The molecule has 82 heavy (non-hydrogen) atoms. The zero-order valence-corrected chi connectivity index (χ0v) is 47.3. The van der Waals surface area contributed by atoms with Gasteiger partial charge in [0, 0.05) is 73.6 Å². The third kappa shape index (κ3) is 12.8. The zero-order chi connectivity index (χ0) is 58.6. The van der Waals surface area contributed by atoms with Crippen LogP contribution in [-0.2, 0) is 33.6 Å². The third-order valence-corrected chi connectivity index (χ3v) is 18.6. The Balaban J connectivity index is 1.14. The van der Waals surface area contributed by atoms with E-state index in [2.05, 4.69) is 51.3 Å². The van der Waals surface area contributed by atoms with Crippen molar-refractivity contribution in [2.75, 3.05) is 26.3 Å². The first kappa shape index (κ1) is 59.9. The molecule has 0 radical (unpaired) electrons. The number of nitrogens with one attached hydrogen (secondary N) is 3. The van der Waals surface area contributed by atoms with Crippen LogP contribution in [0.2, 0.25) is 0 Å². The van der Waals surface area contributed by atoms with Crippen molar-refractivity contribution in [2.24, 2.45) is 39.6 Å². The number of β-amino-alcohol motifs (C(OH)–C–C–N with tert-alkyl or cyclic N) is 1. The van der Waals surface area contributed by atoms with Crippen molar-refractivity contribution in [2.45, 2.75) is 145 Å². The molecule has 4 aliphatic heterocycles. The molecule has 16 heteroatoms. The second-order valence-electron chi connectivity index (χ2n) is 23.9. The molecule has 0 aromatic heterocycles. The summed E-state index contributed by atoms with van der Waals surface area (Å²) >= 11 is 0. The van der Waals surface area contributed by atoms with Crippen LogP contribution in [0.5, 0.6) is 5.75 Å². The van der Waals surface area contributed by atoms with Gasteiger partial charge in [0.15, 0.2) is 11.6 Å². The minimum absolute atomic E-state index is 0.0711. The van der Waals surface area contributed by atoms with E-state index in [4.69, 9.17) is 16.2 Å². The zero-order valence-electron chi connectivity index (χ0n) is 47.3. The second-order valence-corrected chi connectivity index (χ2v) is 23.9. The number of aliphatic imine (C=N–C) groups is 1. The Morgan fingerprint density at radius 2 is 1.66 bits per heavy atom. The lowest BCUT2D eigenvalue weighted by atomic mass is 9.52. The largest absolute Gasteiger partial charge is 0.508 e. The van der Waals surface area contributed by atoms with Crippen molar-refractivity contribution in [3.63, 3.8) is 0 Å². The van der Waals surface area contributed by atoms with E-state index in [0.717, 1.165) is 27.8 Å². The number of ketones is 1. The molecule has 2 fully saturated rings. The van der Waals surface area contributed by atoms with Crippen LogP contribution in [0.3, 0.4) is 0 Å². The van der Waals surface area contributed by atoms with Crippen LogP contribution >= 0.6 is 0 Å². The van der Waals surface area contributed by atoms with Gasteiger partial charge < -0.3 is 62.6 Å². The Morgan fingerprint density at radius 3 is 2.44 bits per heavy atom. The first-order valence-electron chi connectivity index (χ1n) is 28.7. The van der Waals surface area contributed by atoms with Crippen molar-refractivity contribution >= 4 is 17.6 Å². The summed E-state index contributed by atoms with van der Waals surface area (Å²) < 4.78 is 6.15. The van der Waals surface area contributed by atoms with Crippen molar-refractivity contribution in [1.29, 1.82) is 0 Å². The number of nitrogens with zero attached hydrogens (tertiary/aromatic N) is 1. The van der Waals surface area contributed by atoms with Crippen molar-refractivity contribution in [3.05, 3.63) is 159 Å². The minimum Gasteiger partial charge on any atom is -0.508 e. The summed E-state index contributed by atoms with van der Waals surface area (Å²) in [5.74, 6) is 4.28. The molecular formula is C66H80N6O10. The number of benzene rings is 3. The summed E-state index contributed by atoms with van der Waals surface area (Å²) in [6.45, 7) is 9.68. The number of ether oxygens (including phenoxy) is 1. The summed E-state index contributed by atoms with van der Waals surface area (Å²) in [6.07, 6.45) is 6.49. The number of fused-ring (bicyclic) bond motifs is 5. The number of phenolic OH excluding ortho intramolecular Hbond substituents is 1. The highest BCUT2D eigenvalue weighted by Gasteiger charge is 2.64. The summed E-state index contributed by atoms with van der Waals surface area (Å²) in [7, 11) is 0. The second kappa shape index (κ2) is 25.0. The van der Waals surface area contributed by atoms with E-state index in [1.807, 2.05) is 61.5 Å². The standard InChI is InChI=1S/C66H80N6O10/c1-40-11-5-6-32-82-38-47(16-7-12-41(2)66(80,81)30-24-40)51-26-29-65(59(51)76)54-23-22-49(74)34-43-13-8-14-44(33-43)35-55-53(45-18-20-48(73)21-19-45)37-70-62(68)69-31-10-27-64(55,79)39-71-58-57-46(15-9-17-52(57)60(67)72-61(58)77)36-56(75)42(3)50(54)25-28-63(65,4)78/h7-9,12-21,24,33,49,51,53-55,58-60,71,73-74,76,78-81H,2,11,22-23,25-30,32,34-39,67H2,1,3-4H3,(H,72,77)(H3,68,69,70)/b12-7+,40-24+,47-16-,50-42?/t49-,51-,53-,54-,55-,58-,59-,60+,63-,64+,65-/m1/s1. The number of allylic oxidation sites excluding steroid dienone is 5. The predicted octanol–water partition coefficient (Wildman–Crippen LogP) is 5.28. The number of hydrogen-bond acceptors (Lipinski definition) is 15. The van der Waals surface area contributed by atoms with Gasteiger partial charge in [-0.3, -0.25) is 14.9 Å². The van der Waals surface area contributed by atoms with E-state index in [-0.39, 0.29) is 87.9 Å². The molecule has 0 saturated heterocycles. The lowest BCUT2D eigenvalue weighted by molar-refractivity contribution is -0.168. The highest BCUT2D eigenvalue weighted by atomic mass is 16.5. The lowest BCUT2D eigenvalue weighted by Crippen LogP contribution is -2.59. The van der Waals surface area contributed by atoms with E-state index in [1.165, 1.54) is 6.08 Å². The molecule has 1 spiro atoms. The van der Waals surface area contributed by atoms with E-state index >= 15 is 4.79 Å². The molecule has 6 aliphatic rings. The van der Waals surface area contributed by atoms with E-state index in [1.54, 1.807) is 44.2 Å². The van der Waals surface area contributed by atoms with Crippen molar-refractivity contribution in [1.82, 2.24) is 16.0 Å². The Kier molecular flexibility index (Phi) is 18.3. The molecule has 0 unspecified atom stereocenters. The van der Waals surface area contributed by atoms with Gasteiger partial charge >= 0.3 is 0 Å². The maximum absolute atomic E-state index is 15.3. The normalized spacial score (nSPS) is 34.0. The number of nitrogens with two attached hydrogens (primary N) is 2. The van der Waals surface area contributed by atoms with Gasteiger partial charge in [-0.1, -0.05) is 114 Å². The topological polar surface area (TPSA) is 285 Å². The lowest BCUT2D eigenvalue weighted by Gasteiger charge is -2.56. The number of Topliss-reactive ketones (excluding diaryl/α,β-unsaturated/α-hetero) is 1. The Hall–Kier alpha value is -6.67. The van der Waals surface area contributed by atoms with Crippen LogP contribution in [0.25, 0.3) is 0 Å². The predicted molar refractivity (Wildman–Crippen MR) is 314 cm³/mol. The fourth-order valence-electron chi connectivity index (χ4n) is 13.9. The number of aromatic hydroxyl groups is 1. The minimum atomic E-state index is -2.21. The number of aliphatic hydroxyl groups excluding tert-OH is 2. The first-order valence-corrected chi connectivity index (χ1v) is 28.7. The van der Waals surface area contributed by atoms with E-state index < -0.39 is 76.4 Å². The first-order chi connectivity index (χ1) is 39.1. The molecule has 3 aromatic carbocycles. The molecule has 11 atom stereocenters. The van der Waals surface area contributed by atoms with Gasteiger partial charge in [-0.25, -0.2) is 0 Å². The smallest absolute Gasteiger partial charge is 0.243 e. The van der Waals surface area contributed by atoms with Crippen LogP contribution in [0.1, 0.15) is 130 Å². The monoisotopic (exact) mass is 1120 g/mol. The number of guanidine groups is 1. The Morgan fingerprint density at radius 1 is 0.902 bits per heavy atom. The highest BCUT2D eigenvalue weighted by Crippen LogP contribution is 2.63. The molecular weight excluding hydrogens is 1040 g/mol. The fraction of sp³-hybridized carbons (Fsp3) is 0.470. The van der Waals surface area contributed by atoms with Crippen molar-refractivity contribution < 1.29 is 50.1 Å². The van der Waals surface area contributed by atoms with Gasteiger partial charge in [0.2, 0.25) is 11.9 Å². The molecule has 9 rings (SSSR count). The van der Waals surface area contributed by atoms with Crippen LogP contribution in [0, 0.1) is 47.0 Å². The molecule has 1 amide bonds. The van der Waals surface area contributed by atoms with Crippen molar-refractivity contribution in [3.8, 4) is 29.6 Å². The van der Waals surface area contributed by atoms with Gasteiger partial charge in [0.1, 0.15) is 24.6 Å². The van der Waals surface area contributed by atoms with Crippen LogP contribution in [0.15, 0.2) is 130 Å². The quantitative estimate of drug-likeness (QED) is 0.0885. The molecule has 14 N–H and O–H groups in total. The number of carbonyl (C=O) groups excluding carboxylic acids is 2. The highest BCUT2D eigenvalue weighted by molar-refractivity contribution is 5.98. The number of carbonyl (C=O) groups is 2. The molecule has 3 aromatic rings. The maximum atomic E-state index is 15.3. The third-order valence-electron chi connectivity index (χ3n) is 18.6.